The van der Waals surface area contributed by atoms with E-state index >= 15 is 0 Å². The van der Waals surface area contributed by atoms with Crippen LogP contribution < -0.4 is 16.9 Å². The van der Waals surface area contributed by atoms with E-state index in [2.05, 4.69) is 4.98 Å². The summed E-state index contributed by atoms with van der Waals surface area (Å²) in [7, 11) is 0. The highest BCUT2D eigenvalue weighted by atomic mass is 16.6. The first-order valence-electron chi connectivity index (χ1n) is 7.44. The number of nitrogens with two attached hydrogens (primary N) is 1. The number of carbonyl (C=O) groups excluding carboxylic acids is 1. The van der Waals surface area contributed by atoms with Gasteiger partial charge in [0.2, 0.25) is 0 Å². The Morgan fingerprint density at radius 3 is 2.69 bits per heavy atom. The highest BCUT2D eigenvalue weighted by molar-refractivity contribution is 5.92. The van der Waals surface area contributed by atoms with Gasteiger partial charge in [0.05, 0.1) is 23.4 Å². The normalized spacial score (nSPS) is 10.8. The summed E-state index contributed by atoms with van der Waals surface area (Å²) in [5, 5.41) is 11.0. The van der Waals surface area contributed by atoms with Gasteiger partial charge in [-0.15, -0.1) is 0 Å². The zero-order chi connectivity index (χ0) is 19.0. The van der Waals surface area contributed by atoms with E-state index < -0.39 is 27.6 Å². The third-order valence-electron chi connectivity index (χ3n) is 3.76. The predicted molar refractivity (Wildman–Crippen MR) is 91.2 cm³/mol. The number of aryl methyl sites for hydroxylation is 1. The van der Waals surface area contributed by atoms with Gasteiger partial charge in [0.25, 0.3) is 22.7 Å². The average Bonchev–Trinajstić information content (AvgIpc) is 2.55. The summed E-state index contributed by atoms with van der Waals surface area (Å²) in [6.07, 6.45) is 2.56. The second-order valence-corrected chi connectivity index (χ2v) is 5.68. The Bertz CT molecular complexity index is 1180. The van der Waals surface area contributed by atoms with Crippen LogP contribution >= 0.6 is 0 Å². The lowest BCUT2D eigenvalue weighted by molar-refractivity contribution is -0.385. The van der Waals surface area contributed by atoms with Gasteiger partial charge in [-0.3, -0.25) is 28.9 Å². The quantitative estimate of drug-likeness (QED) is 0.524. The zero-order valence-electron chi connectivity index (χ0n) is 13.6. The Labute approximate surface area is 145 Å². The minimum atomic E-state index is -1.07. The summed E-state index contributed by atoms with van der Waals surface area (Å²) in [6.45, 7) is 1.61. The molecule has 0 aromatic carbocycles. The van der Waals surface area contributed by atoms with Crippen molar-refractivity contribution < 1.29 is 9.72 Å². The largest absolute Gasteiger partial charge is 0.365 e. The molecule has 26 heavy (non-hydrogen) atoms. The maximum atomic E-state index is 12.3. The Hall–Kier alpha value is -3.82. The predicted octanol–water partition coefficient (Wildman–Crippen LogP) is 0.220. The second kappa shape index (κ2) is 6.24. The van der Waals surface area contributed by atoms with Crippen molar-refractivity contribution in [2.45, 2.75) is 13.5 Å². The molecule has 0 saturated heterocycles. The Morgan fingerprint density at radius 2 is 2.04 bits per heavy atom. The van der Waals surface area contributed by atoms with Crippen molar-refractivity contribution in [2.24, 2.45) is 5.73 Å². The highest BCUT2D eigenvalue weighted by Crippen LogP contribution is 2.11. The molecule has 0 spiro atoms. The van der Waals surface area contributed by atoms with Crippen molar-refractivity contribution in [3.05, 3.63) is 84.3 Å². The molecule has 10 heteroatoms. The molecule has 3 aromatic heterocycles. The minimum Gasteiger partial charge on any atom is -0.365 e. The number of amides is 1. The standard InChI is InChI=1S/C16H13N5O5/c1-9-2-3-20-13(4-9)18-10(5-14(20)22)7-19-8-11(21(25)26)6-12(15(17)23)16(19)24/h2-6,8H,7H2,1H3,(H2,17,23). The monoisotopic (exact) mass is 355 g/mol. The van der Waals surface area contributed by atoms with Crippen LogP contribution in [0.3, 0.4) is 0 Å². The Balaban J connectivity index is 2.16. The Kier molecular flexibility index (Phi) is 4.08. The first kappa shape index (κ1) is 17.0. The van der Waals surface area contributed by atoms with E-state index in [9.17, 15) is 24.5 Å². The van der Waals surface area contributed by atoms with E-state index in [0.717, 1.165) is 22.4 Å². The van der Waals surface area contributed by atoms with E-state index in [1.54, 1.807) is 18.3 Å². The summed E-state index contributed by atoms with van der Waals surface area (Å²) >= 11 is 0. The van der Waals surface area contributed by atoms with Gasteiger partial charge in [0, 0.05) is 18.3 Å². The fourth-order valence-corrected chi connectivity index (χ4v) is 2.52. The van der Waals surface area contributed by atoms with E-state index in [4.69, 9.17) is 5.73 Å². The van der Waals surface area contributed by atoms with E-state index in [1.807, 2.05) is 6.92 Å². The van der Waals surface area contributed by atoms with Gasteiger partial charge in [0.15, 0.2) is 0 Å². The first-order valence-corrected chi connectivity index (χ1v) is 7.44. The third-order valence-corrected chi connectivity index (χ3v) is 3.76. The van der Waals surface area contributed by atoms with Crippen LogP contribution in [0, 0.1) is 17.0 Å². The van der Waals surface area contributed by atoms with Crippen LogP contribution in [-0.2, 0) is 6.54 Å². The summed E-state index contributed by atoms with van der Waals surface area (Å²) in [5.41, 5.74) is 4.47. The molecule has 132 valence electrons. The van der Waals surface area contributed by atoms with Gasteiger partial charge in [-0.1, -0.05) is 0 Å². The van der Waals surface area contributed by atoms with E-state index in [1.165, 1.54) is 10.5 Å². The van der Waals surface area contributed by atoms with Gasteiger partial charge >= 0.3 is 0 Å². The number of fused-ring (bicyclic) bond motifs is 1. The molecule has 0 unspecified atom stereocenters. The summed E-state index contributed by atoms with van der Waals surface area (Å²) in [5.74, 6) is -1.07. The molecule has 0 aliphatic rings. The van der Waals surface area contributed by atoms with Crippen LogP contribution in [0.25, 0.3) is 5.65 Å². The number of hydrogen-bond donors (Lipinski definition) is 1. The maximum Gasteiger partial charge on any atom is 0.286 e. The van der Waals surface area contributed by atoms with Crippen molar-refractivity contribution in [1.82, 2.24) is 14.0 Å². The number of pyridine rings is 2. The molecule has 0 saturated carbocycles. The van der Waals surface area contributed by atoms with Gasteiger partial charge < -0.3 is 10.3 Å². The number of primary amides is 1. The van der Waals surface area contributed by atoms with Crippen LogP contribution in [0.4, 0.5) is 5.69 Å². The van der Waals surface area contributed by atoms with Crippen LogP contribution in [-0.4, -0.2) is 24.8 Å². The van der Waals surface area contributed by atoms with Gasteiger partial charge in [0.1, 0.15) is 11.2 Å². The number of nitro groups is 1. The molecule has 3 rings (SSSR count). The topological polar surface area (TPSA) is 143 Å². The SMILES string of the molecule is Cc1ccn2c(=O)cc(Cn3cc([N+](=O)[O-])cc(C(N)=O)c3=O)nc2c1. The fraction of sp³-hybridized carbons (Fsp3) is 0.125. The zero-order valence-corrected chi connectivity index (χ0v) is 13.6. The van der Waals surface area contributed by atoms with Crippen LogP contribution in [0.5, 0.6) is 0 Å². The van der Waals surface area contributed by atoms with Crippen LogP contribution in [0.2, 0.25) is 0 Å². The molecule has 3 aromatic rings. The van der Waals surface area contributed by atoms with Crippen LogP contribution in [0.15, 0.2) is 46.2 Å². The molecular formula is C16H13N5O5. The van der Waals surface area contributed by atoms with E-state index in [-0.39, 0.29) is 17.8 Å². The number of carbonyl (C=O) groups is 1. The lowest BCUT2D eigenvalue weighted by Gasteiger charge is -2.08. The third kappa shape index (κ3) is 3.07. The molecule has 2 N–H and O–H groups in total. The van der Waals surface area contributed by atoms with Crippen molar-refractivity contribution >= 4 is 17.2 Å². The van der Waals surface area contributed by atoms with Gasteiger partial charge in [-0.25, -0.2) is 4.98 Å². The van der Waals surface area contributed by atoms with Crippen LogP contribution in [0.1, 0.15) is 21.6 Å². The minimum absolute atomic E-state index is 0.221. The lowest BCUT2D eigenvalue weighted by Crippen LogP contribution is -2.30. The summed E-state index contributed by atoms with van der Waals surface area (Å²) in [6, 6.07) is 5.49. The van der Waals surface area contributed by atoms with Crippen molar-refractivity contribution in [1.29, 1.82) is 0 Å². The number of aromatic nitrogens is 3. The second-order valence-electron chi connectivity index (χ2n) is 5.68. The van der Waals surface area contributed by atoms with Crippen molar-refractivity contribution in [2.75, 3.05) is 0 Å². The van der Waals surface area contributed by atoms with E-state index in [0.29, 0.717) is 5.65 Å². The molecule has 1 amide bonds. The van der Waals surface area contributed by atoms with Gasteiger partial charge in [-0.2, -0.15) is 0 Å². The maximum absolute atomic E-state index is 12.3. The van der Waals surface area contributed by atoms with Crippen molar-refractivity contribution in [3.63, 3.8) is 0 Å². The first-order chi connectivity index (χ1) is 12.3. The number of hydrogen-bond acceptors (Lipinski definition) is 6. The van der Waals surface area contributed by atoms with Gasteiger partial charge in [-0.05, 0) is 24.6 Å². The molecule has 0 fully saturated rings. The molecule has 10 nitrogen and oxygen atoms in total. The fourth-order valence-electron chi connectivity index (χ4n) is 2.52. The highest BCUT2D eigenvalue weighted by Gasteiger charge is 2.18. The lowest BCUT2D eigenvalue weighted by atomic mass is 10.2. The molecule has 3 heterocycles. The average molecular weight is 355 g/mol. The van der Waals surface area contributed by atoms with Crippen molar-refractivity contribution in [3.8, 4) is 0 Å². The molecule has 0 radical (unpaired) electrons. The molecule has 0 atom stereocenters. The summed E-state index contributed by atoms with van der Waals surface area (Å²) in [4.78, 5) is 50.5. The smallest absolute Gasteiger partial charge is 0.286 e. The Morgan fingerprint density at radius 1 is 1.31 bits per heavy atom. The number of rotatable bonds is 4. The molecule has 0 aliphatic carbocycles. The summed E-state index contributed by atoms with van der Waals surface area (Å²) < 4.78 is 2.27. The molecule has 0 aliphatic heterocycles. The molecule has 0 bridgehead atoms. The number of nitrogens with zero attached hydrogens (tertiary/aromatic N) is 4. The molecular weight excluding hydrogens is 342 g/mol.